The summed E-state index contributed by atoms with van der Waals surface area (Å²) in [5, 5.41) is 3.47. The molecule has 18 heavy (non-hydrogen) atoms. The van der Waals surface area contributed by atoms with Gasteiger partial charge < -0.3 is 5.32 Å². The molecule has 2 atom stereocenters. The van der Waals surface area contributed by atoms with Gasteiger partial charge >= 0.3 is 0 Å². The van der Waals surface area contributed by atoms with E-state index in [1.54, 1.807) is 0 Å². The highest BCUT2D eigenvalue weighted by Gasteiger charge is 2.25. The molecule has 100 valence electrons. The topological polar surface area (TPSA) is 12.0 Å². The largest absolute Gasteiger partial charge is 0.317 e. The van der Waals surface area contributed by atoms with Crippen LogP contribution < -0.4 is 5.32 Å². The monoisotopic (exact) mass is 245 g/mol. The molecule has 1 aromatic rings. The van der Waals surface area contributed by atoms with Crippen molar-refractivity contribution in [2.75, 3.05) is 7.05 Å². The van der Waals surface area contributed by atoms with Gasteiger partial charge in [-0.3, -0.25) is 0 Å². The highest BCUT2D eigenvalue weighted by atomic mass is 14.9. The maximum absolute atomic E-state index is 3.47. The molecule has 1 aliphatic rings. The van der Waals surface area contributed by atoms with E-state index in [1.807, 2.05) is 0 Å². The molecule has 0 aliphatic heterocycles. The van der Waals surface area contributed by atoms with Crippen LogP contribution in [0.3, 0.4) is 0 Å². The maximum Gasteiger partial charge on any atom is 0.00955 e. The molecule has 2 rings (SSSR count). The van der Waals surface area contributed by atoms with E-state index in [9.17, 15) is 0 Å². The summed E-state index contributed by atoms with van der Waals surface area (Å²) in [7, 11) is 2.10. The Morgan fingerprint density at radius 3 is 2.33 bits per heavy atom. The molecule has 1 aliphatic carbocycles. The lowest BCUT2D eigenvalue weighted by atomic mass is 9.85. The predicted octanol–water partition coefficient (Wildman–Crippen LogP) is 3.91. The van der Waals surface area contributed by atoms with Gasteiger partial charge in [0, 0.05) is 6.04 Å². The number of hydrogen-bond acceptors (Lipinski definition) is 1. The minimum absolute atomic E-state index is 0.263. The molecule has 0 heterocycles. The highest BCUT2D eigenvalue weighted by molar-refractivity contribution is 5.28. The fourth-order valence-corrected chi connectivity index (χ4v) is 3.10. The van der Waals surface area contributed by atoms with Crippen molar-refractivity contribution in [3.05, 3.63) is 35.4 Å². The number of nitrogens with one attached hydrogen (secondary N) is 1. The summed E-state index contributed by atoms with van der Waals surface area (Å²) in [6.45, 7) is 6.82. The van der Waals surface area contributed by atoms with E-state index >= 15 is 0 Å². The molecule has 0 amide bonds. The van der Waals surface area contributed by atoms with Gasteiger partial charge in [0.05, 0.1) is 0 Å². The van der Waals surface area contributed by atoms with E-state index in [4.69, 9.17) is 0 Å². The van der Waals surface area contributed by atoms with Crippen LogP contribution in [0.4, 0.5) is 0 Å². The first-order chi connectivity index (χ1) is 8.50. The van der Waals surface area contributed by atoms with Crippen molar-refractivity contribution >= 4 is 0 Å². The van der Waals surface area contributed by atoms with Gasteiger partial charge in [-0.25, -0.2) is 0 Å². The van der Waals surface area contributed by atoms with Crippen molar-refractivity contribution in [2.24, 2.45) is 5.92 Å². The Morgan fingerprint density at radius 2 is 1.78 bits per heavy atom. The SMILES string of the molecule is CNC1CCCC1Cc1ccc(C(C)(C)C)cc1. The zero-order chi connectivity index (χ0) is 13.2. The molecule has 0 saturated heterocycles. The Kier molecular flexibility index (Phi) is 4.11. The first kappa shape index (κ1) is 13.6. The van der Waals surface area contributed by atoms with Crippen molar-refractivity contribution in [3.8, 4) is 0 Å². The van der Waals surface area contributed by atoms with Crippen LogP contribution in [0.2, 0.25) is 0 Å². The van der Waals surface area contributed by atoms with Crippen LogP contribution in [0.25, 0.3) is 0 Å². The number of hydrogen-bond donors (Lipinski definition) is 1. The predicted molar refractivity (Wildman–Crippen MR) is 79.0 cm³/mol. The third kappa shape index (κ3) is 3.14. The zero-order valence-corrected chi connectivity index (χ0v) is 12.3. The van der Waals surface area contributed by atoms with Crippen molar-refractivity contribution in [2.45, 2.75) is 57.9 Å². The fourth-order valence-electron chi connectivity index (χ4n) is 3.10. The Hall–Kier alpha value is -0.820. The van der Waals surface area contributed by atoms with Crippen LogP contribution in [0.1, 0.15) is 51.2 Å². The first-order valence-corrected chi connectivity index (χ1v) is 7.27. The third-order valence-electron chi connectivity index (χ3n) is 4.35. The lowest BCUT2D eigenvalue weighted by Gasteiger charge is -2.21. The quantitative estimate of drug-likeness (QED) is 0.851. The summed E-state index contributed by atoms with van der Waals surface area (Å²) in [5.41, 5.74) is 3.19. The van der Waals surface area contributed by atoms with E-state index in [0.29, 0.717) is 0 Å². The van der Waals surface area contributed by atoms with E-state index in [2.05, 4.69) is 57.4 Å². The molecule has 1 heteroatoms. The zero-order valence-electron chi connectivity index (χ0n) is 12.3. The van der Waals surface area contributed by atoms with E-state index < -0.39 is 0 Å². The number of benzene rings is 1. The van der Waals surface area contributed by atoms with Gasteiger partial charge in [0.25, 0.3) is 0 Å². The maximum atomic E-state index is 3.47. The molecule has 1 N–H and O–H groups in total. The van der Waals surface area contributed by atoms with Crippen molar-refractivity contribution in [1.29, 1.82) is 0 Å². The van der Waals surface area contributed by atoms with Gasteiger partial charge in [-0.2, -0.15) is 0 Å². The Labute approximate surface area is 112 Å². The van der Waals surface area contributed by atoms with Gasteiger partial charge in [-0.1, -0.05) is 51.5 Å². The smallest absolute Gasteiger partial charge is 0.00955 e. The second kappa shape index (κ2) is 5.44. The Morgan fingerprint density at radius 1 is 1.11 bits per heavy atom. The van der Waals surface area contributed by atoms with Crippen LogP contribution in [0, 0.1) is 5.92 Å². The average Bonchev–Trinajstić information content (AvgIpc) is 2.76. The lowest BCUT2D eigenvalue weighted by molar-refractivity contribution is 0.423. The summed E-state index contributed by atoms with van der Waals surface area (Å²) < 4.78 is 0. The van der Waals surface area contributed by atoms with Crippen LogP contribution in [0.5, 0.6) is 0 Å². The second-order valence-electron chi connectivity index (χ2n) is 6.74. The second-order valence-corrected chi connectivity index (χ2v) is 6.74. The normalized spacial score (nSPS) is 24.4. The molecule has 0 bridgehead atoms. The highest BCUT2D eigenvalue weighted by Crippen LogP contribution is 2.29. The standard InChI is InChI=1S/C17H27N/c1-17(2,3)15-10-8-13(9-11-15)12-14-6-5-7-16(14)18-4/h8-11,14,16,18H,5-7,12H2,1-4H3. The molecular formula is C17H27N. The fraction of sp³-hybridized carbons (Fsp3) is 0.647. The van der Waals surface area contributed by atoms with E-state index in [-0.39, 0.29) is 5.41 Å². The Balaban J connectivity index is 2.02. The summed E-state index contributed by atoms with van der Waals surface area (Å²) in [5.74, 6) is 0.829. The van der Waals surface area contributed by atoms with Crippen LogP contribution in [-0.4, -0.2) is 13.1 Å². The van der Waals surface area contributed by atoms with E-state index in [0.717, 1.165) is 12.0 Å². The molecular weight excluding hydrogens is 218 g/mol. The van der Waals surface area contributed by atoms with Gasteiger partial charge in [0.2, 0.25) is 0 Å². The van der Waals surface area contributed by atoms with Crippen molar-refractivity contribution in [3.63, 3.8) is 0 Å². The minimum Gasteiger partial charge on any atom is -0.317 e. The summed E-state index contributed by atoms with van der Waals surface area (Å²) in [6.07, 6.45) is 5.35. The summed E-state index contributed by atoms with van der Waals surface area (Å²) in [4.78, 5) is 0. The molecule has 1 nitrogen and oxygen atoms in total. The molecule has 0 spiro atoms. The average molecular weight is 245 g/mol. The lowest BCUT2D eigenvalue weighted by Crippen LogP contribution is -2.30. The van der Waals surface area contributed by atoms with E-state index in [1.165, 1.54) is 36.8 Å². The van der Waals surface area contributed by atoms with Crippen LogP contribution >= 0.6 is 0 Å². The van der Waals surface area contributed by atoms with Gasteiger partial charge in [-0.05, 0) is 48.8 Å². The molecule has 0 aromatic heterocycles. The summed E-state index contributed by atoms with van der Waals surface area (Å²) in [6, 6.07) is 9.99. The molecule has 1 fully saturated rings. The van der Waals surface area contributed by atoms with Gasteiger partial charge in [-0.15, -0.1) is 0 Å². The molecule has 0 radical (unpaired) electrons. The van der Waals surface area contributed by atoms with Crippen LogP contribution in [-0.2, 0) is 11.8 Å². The minimum atomic E-state index is 0.263. The third-order valence-corrected chi connectivity index (χ3v) is 4.35. The molecule has 1 aromatic carbocycles. The van der Waals surface area contributed by atoms with Crippen LogP contribution in [0.15, 0.2) is 24.3 Å². The van der Waals surface area contributed by atoms with Crippen molar-refractivity contribution < 1.29 is 0 Å². The van der Waals surface area contributed by atoms with Crippen molar-refractivity contribution in [1.82, 2.24) is 5.32 Å². The van der Waals surface area contributed by atoms with Gasteiger partial charge in [0.15, 0.2) is 0 Å². The molecule has 1 saturated carbocycles. The first-order valence-electron chi connectivity index (χ1n) is 7.27. The van der Waals surface area contributed by atoms with Gasteiger partial charge in [0.1, 0.15) is 0 Å². The Bertz CT molecular complexity index is 372. The summed E-state index contributed by atoms with van der Waals surface area (Å²) >= 11 is 0. The number of rotatable bonds is 3. The molecule has 2 unspecified atom stereocenters.